The fourth-order valence-electron chi connectivity index (χ4n) is 4.79. The molecule has 0 unspecified atom stereocenters. The third-order valence-corrected chi connectivity index (χ3v) is 7.07. The molecule has 0 radical (unpaired) electrons. The number of Topliss-reactive ketones (excluding diaryl/α,β-unsaturated/α-hetero) is 1. The molecule has 0 heterocycles. The lowest BCUT2D eigenvalue weighted by Gasteiger charge is -2.26. The Morgan fingerprint density at radius 2 is 1.36 bits per heavy atom. The average Bonchev–Trinajstić information content (AvgIpc) is 3.23. The second-order valence-corrected chi connectivity index (χ2v) is 9.84. The molecular weight excluding hydrogens is 416 g/mol. The van der Waals surface area contributed by atoms with Crippen molar-refractivity contribution in [3.8, 4) is 22.3 Å². The summed E-state index contributed by atoms with van der Waals surface area (Å²) in [6.45, 7) is 3.93. The topological polar surface area (TPSA) is 43.1 Å². The van der Waals surface area contributed by atoms with Crippen LogP contribution in [0.4, 0.5) is 8.78 Å². The number of carbonyl (C=O) groups is 1. The molecule has 0 bridgehead atoms. The Kier molecular flexibility index (Phi) is 6.76. The number of hydrogen-bond donors (Lipinski definition) is 1. The van der Waals surface area contributed by atoms with E-state index in [0.717, 1.165) is 53.5 Å². The van der Waals surface area contributed by atoms with Crippen molar-refractivity contribution in [2.75, 3.05) is 0 Å². The first-order chi connectivity index (χ1) is 15.7. The number of benzene rings is 3. The highest BCUT2D eigenvalue weighted by molar-refractivity contribution is 5.90. The van der Waals surface area contributed by atoms with Gasteiger partial charge in [-0.05, 0) is 104 Å². The number of nitrogens with two attached hydrogens (primary N) is 1. The molecule has 0 spiro atoms. The van der Waals surface area contributed by atoms with E-state index in [-0.39, 0.29) is 23.5 Å². The van der Waals surface area contributed by atoms with Crippen molar-refractivity contribution in [3.63, 3.8) is 0 Å². The Bertz CT molecular complexity index is 1060. The summed E-state index contributed by atoms with van der Waals surface area (Å²) in [5, 5.41) is 0. The zero-order valence-electron chi connectivity index (χ0n) is 19.3. The SMILES string of the molecule is CC(C)(C(=O)CC[C@H]1CC[C@@H](N)C1)c1cc(-c2ccc(F)cc2)cc(-c2ccc(F)cc2)c1. The Morgan fingerprint density at radius 1 is 0.848 bits per heavy atom. The van der Waals surface area contributed by atoms with E-state index < -0.39 is 5.41 Å². The smallest absolute Gasteiger partial charge is 0.142 e. The summed E-state index contributed by atoms with van der Waals surface area (Å²) in [6.07, 6.45) is 4.55. The normalized spacial score (nSPS) is 18.5. The van der Waals surface area contributed by atoms with Gasteiger partial charge in [0.25, 0.3) is 0 Å². The predicted molar refractivity (Wildman–Crippen MR) is 130 cm³/mol. The van der Waals surface area contributed by atoms with Crippen LogP contribution in [0.2, 0.25) is 0 Å². The molecule has 33 heavy (non-hydrogen) atoms. The third kappa shape index (κ3) is 5.39. The highest BCUT2D eigenvalue weighted by atomic mass is 19.1. The van der Waals surface area contributed by atoms with E-state index in [2.05, 4.69) is 0 Å². The summed E-state index contributed by atoms with van der Waals surface area (Å²) >= 11 is 0. The van der Waals surface area contributed by atoms with Gasteiger partial charge in [-0.25, -0.2) is 8.78 Å². The Hall–Kier alpha value is -2.85. The van der Waals surface area contributed by atoms with Gasteiger partial charge in [0.2, 0.25) is 0 Å². The quantitative estimate of drug-likeness (QED) is 0.422. The first-order valence-electron chi connectivity index (χ1n) is 11.7. The minimum absolute atomic E-state index is 0.198. The van der Waals surface area contributed by atoms with E-state index >= 15 is 0 Å². The van der Waals surface area contributed by atoms with Gasteiger partial charge in [-0.2, -0.15) is 0 Å². The fraction of sp³-hybridized carbons (Fsp3) is 0.345. The lowest BCUT2D eigenvalue weighted by molar-refractivity contribution is -0.123. The van der Waals surface area contributed by atoms with Gasteiger partial charge < -0.3 is 5.73 Å². The van der Waals surface area contributed by atoms with Gasteiger partial charge in [-0.1, -0.05) is 36.4 Å². The van der Waals surface area contributed by atoms with Gasteiger partial charge in [0, 0.05) is 17.9 Å². The molecular formula is C29H31F2NO. The molecule has 0 aliphatic heterocycles. The van der Waals surface area contributed by atoms with Crippen LogP contribution in [0.5, 0.6) is 0 Å². The van der Waals surface area contributed by atoms with Crippen LogP contribution in [0, 0.1) is 17.6 Å². The van der Waals surface area contributed by atoms with Crippen molar-refractivity contribution in [3.05, 3.63) is 83.9 Å². The summed E-state index contributed by atoms with van der Waals surface area (Å²) in [5.74, 6) is 0.135. The summed E-state index contributed by atoms with van der Waals surface area (Å²) in [5.41, 5.74) is 9.78. The fourth-order valence-corrected chi connectivity index (χ4v) is 4.79. The van der Waals surface area contributed by atoms with Crippen LogP contribution in [0.15, 0.2) is 66.7 Å². The predicted octanol–water partition coefficient (Wildman–Crippen LogP) is 7.05. The van der Waals surface area contributed by atoms with Gasteiger partial charge in [0.1, 0.15) is 17.4 Å². The highest BCUT2D eigenvalue weighted by Gasteiger charge is 2.31. The molecule has 0 aromatic heterocycles. The van der Waals surface area contributed by atoms with E-state index in [1.54, 1.807) is 24.3 Å². The maximum absolute atomic E-state index is 13.5. The van der Waals surface area contributed by atoms with Gasteiger partial charge in [-0.15, -0.1) is 0 Å². The standard InChI is InChI=1S/C29H31F2NO/c1-29(2,28(33)14-4-19-3-13-27(32)15-19)24-17-22(20-5-9-25(30)10-6-20)16-23(18-24)21-7-11-26(31)12-8-21/h5-12,16-19,27H,3-4,13-15,32H2,1-2H3/t19-,27-/m1/s1. The molecule has 172 valence electrons. The van der Waals surface area contributed by atoms with Crippen molar-refractivity contribution < 1.29 is 13.6 Å². The molecule has 1 fully saturated rings. The van der Waals surface area contributed by atoms with Crippen LogP contribution in [-0.4, -0.2) is 11.8 Å². The molecule has 2 nitrogen and oxygen atoms in total. The summed E-state index contributed by atoms with van der Waals surface area (Å²) in [7, 11) is 0. The molecule has 4 rings (SSSR count). The van der Waals surface area contributed by atoms with Crippen molar-refractivity contribution in [2.45, 2.75) is 57.4 Å². The average molecular weight is 448 g/mol. The number of carbonyl (C=O) groups excluding carboxylic acids is 1. The van der Waals surface area contributed by atoms with Crippen LogP contribution in [0.25, 0.3) is 22.3 Å². The van der Waals surface area contributed by atoms with Gasteiger partial charge >= 0.3 is 0 Å². The van der Waals surface area contributed by atoms with Crippen molar-refractivity contribution >= 4 is 5.78 Å². The van der Waals surface area contributed by atoms with Crippen molar-refractivity contribution in [1.29, 1.82) is 0 Å². The number of rotatable bonds is 7. The maximum Gasteiger partial charge on any atom is 0.142 e. The molecule has 0 amide bonds. The van der Waals surface area contributed by atoms with Crippen LogP contribution >= 0.6 is 0 Å². The molecule has 3 aromatic carbocycles. The minimum atomic E-state index is -0.689. The maximum atomic E-state index is 13.5. The first-order valence-corrected chi connectivity index (χ1v) is 11.7. The molecule has 3 aromatic rings. The third-order valence-electron chi connectivity index (χ3n) is 7.07. The van der Waals surface area contributed by atoms with Gasteiger partial charge in [-0.3, -0.25) is 4.79 Å². The van der Waals surface area contributed by atoms with Crippen molar-refractivity contribution in [1.82, 2.24) is 0 Å². The Morgan fingerprint density at radius 3 is 1.82 bits per heavy atom. The number of ketones is 1. The Balaban J connectivity index is 1.68. The van der Waals surface area contributed by atoms with Crippen LogP contribution in [-0.2, 0) is 10.2 Å². The van der Waals surface area contributed by atoms with E-state index in [0.29, 0.717) is 12.3 Å². The molecule has 0 saturated heterocycles. The van der Waals surface area contributed by atoms with E-state index in [1.807, 2.05) is 32.0 Å². The monoisotopic (exact) mass is 447 g/mol. The molecule has 1 aliphatic rings. The summed E-state index contributed by atoms with van der Waals surface area (Å²) in [4.78, 5) is 13.4. The largest absolute Gasteiger partial charge is 0.328 e. The second kappa shape index (κ2) is 9.56. The molecule has 2 N–H and O–H groups in total. The summed E-state index contributed by atoms with van der Waals surface area (Å²) < 4.78 is 27.0. The van der Waals surface area contributed by atoms with Crippen LogP contribution < -0.4 is 5.73 Å². The zero-order chi connectivity index (χ0) is 23.6. The highest BCUT2D eigenvalue weighted by Crippen LogP contribution is 2.36. The van der Waals surface area contributed by atoms with Gasteiger partial charge in [0.05, 0.1) is 0 Å². The molecule has 1 saturated carbocycles. The van der Waals surface area contributed by atoms with E-state index in [4.69, 9.17) is 5.73 Å². The lowest BCUT2D eigenvalue weighted by Crippen LogP contribution is -2.29. The van der Waals surface area contributed by atoms with Crippen molar-refractivity contribution in [2.24, 2.45) is 11.7 Å². The lowest BCUT2D eigenvalue weighted by atomic mass is 9.76. The number of halogens is 2. The molecule has 4 heteroatoms. The summed E-state index contributed by atoms with van der Waals surface area (Å²) in [6, 6.07) is 19.0. The van der Waals surface area contributed by atoms with Crippen LogP contribution in [0.3, 0.4) is 0 Å². The minimum Gasteiger partial charge on any atom is -0.328 e. The Labute approximate surface area is 194 Å². The van der Waals surface area contributed by atoms with Crippen LogP contribution in [0.1, 0.15) is 51.5 Å². The van der Waals surface area contributed by atoms with E-state index in [1.165, 1.54) is 24.3 Å². The molecule has 2 atom stereocenters. The van der Waals surface area contributed by atoms with Gasteiger partial charge in [0.15, 0.2) is 0 Å². The molecule has 1 aliphatic carbocycles. The zero-order valence-corrected chi connectivity index (χ0v) is 19.3. The first kappa shape index (κ1) is 23.3. The van der Waals surface area contributed by atoms with E-state index in [9.17, 15) is 13.6 Å². The second-order valence-electron chi connectivity index (χ2n) is 9.84. The number of hydrogen-bond acceptors (Lipinski definition) is 2.